The van der Waals surface area contributed by atoms with Crippen molar-refractivity contribution in [2.24, 2.45) is 0 Å². The lowest BCUT2D eigenvalue weighted by atomic mass is 10.2. The molecule has 1 amide bonds. The van der Waals surface area contributed by atoms with Crippen molar-refractivity contribution in [2.45, 2.75) is 20.0 Å². The summed E-state index contributed by atoms with van der Waals surface area (Å²) in [6.45, 7) is 4.76. The highest BCUT2D eigenvalue weighted by molar-refractivity contribution is 5.94. The van der Waals surface area contributed by atoms with Crippen LogP contribution in [0, 0.1) is 5.82 Å². The van der Waals surface area contributed by atoms with Crippen LogP contribution >= 0.6 is 0 Å². The van der Waals surface area contributed by atoms with Crippen LogP contribution in [0.5, 0.6) is 0 Å². The zero-order valence-corrected chi connectivity index (χ0v) is 10.4. The molecule has 1 rings (SSSR count). The molecule has 4 heteroatoms. The van der Waals surface area contributed by atoms with E-state index >= 15 is 0 Å². The molecule has 0 spiro atoms. The van der Waals surface area contributed by atoms with Gasteiger partial charge in [-0.2, -0.15) is 0 Å². The van der Waals surface area contributed by atoms with Crippen molar-refractivity contribution in [1.82, 2.24) is 4.90 Å². The third-order valence-electron chi connectivity index (χ3n) is 2.33. The summed E-state index contributed by atoms with van der Waals surface area (Å²) in [6.07, 6.45) is 0.131. The van der Waals surface area contributed by atoms with E-state index in [9.17, 15) is 9.18 Å². The fourth-order valence-corrected chi connectivity index (χ4v) is 1.37. The predicted molar refractivity (Wildman–Crippen MR) is 64.4 cm³/mol. The predicted octanol–water partition coefficient (Wildman–Crippen LogP) is 2.32. The van der Waals surface area contributed by atoms with Crippen molar-refractivity contribution < 1.29 is 13.9 Å². The average molecular weight is 239 g/mol. The third-order valence-corrected chi connectivity index (χ3v) is 2.33. The van der Waals surface area contributed by atoms with Crippen molar-refractivity contribution in [2.75, 3.05) is 20.2 Å². The van der Waals surface area contributed by atoms with Crippen molar-refractivity contribution in [3.63, 3.8) is 0 Å². The van der Waals surface area contributed by atoms with Gasteiger partial charge in [-0.15, -0.1) is 0 Å². The van der Waals surface area contributed by atoms with Gasteiger partial charge in [0.25, 0.3) is 5.91 Å². The molecular weight excluding hydrogens is 221 g/mol. The summed E-state index contributed by atoms with van der Waals surface area (Å²) >= 11 is 0. The van der Waals surface area contributed by atoms with Crippen LogP contribution in [0.4, 0.5) is 4.39 Å². The van der Waals surface area contributed by atoms with E-state index in [0.717, 1.165) is 0 Å². The summed E-state index contributed by atoms with van der Waals surface area (Å²) in [4.78, 5) is 13.3. The highest BCUT2D eigenvalue weighted by Crippen LogP contribution is 2.08. The van der Waals surface area contributed by atoms with Gasteiger partial charge in [-0.1, -0.05) is 12.1 Å². The standard InChI is InChI=1S/C13H18FNO2/c1-10(2)17-9-8-15(3)13(16)11-6-4-5-7-12(11)14/h4-7,10H,8-9H2,1-3H3. The molecule has 0 unspecified atom stereocenters. The SMILES string of the molecule is CC(C)OCCN(C)C(=O)c1ccccc1F. The van der Waals surface area contributed by atoms with E-state index in [1.165, 1.54) is 17.0 Å². The van der Waals surface area contributed by atoms with Gasteiger partial charge in [0.15, 0.2) is 0 Å². The second kappa shape index (κ2) is 6.35. The summed E-state index contributed by atoms with van der Waals surface area (Å²) in [5, 5.41) is 0. The van der Waals surface area contributed by atoms with E-state index < -0.39 is 5.82 Å². The number of hydrogen-bond donors (Lipinski definition) is 0. The van der Waals surface area contributed by atoms with E-state index in [2.05, 4.69) is 0 Å². The molecule has 0 bridgehead atoms. The molecule has 17 heavy (non-hydrogen) atoms. The maximum Gasteiger partial charge on any atom is 0.256 e. The largest absolute Gasteiger partial charge is 0.377 e. The number of ether oxygens (including phenoxy) is 1. The minimum absolute atomic E-state index is 0.0968. The lowest BCUT2D eigenvalue weighted by molar-refractivity contribution is 0.0529. The second-order valence-corrected chi connectivity index (χ2v) is 4.13. The highest BCUT2D eigenvalue weighted by atomic mass is 19.1. The Kier molecular flexibility index (Phi) is 5.10. The van der Waals surface area contributed by atoms with Crippen LogP contribution in [-0.2, 0) is 4.74 Å². The molecule has 0 atom stereocenters. The van der Waals surface area contributed by atoms with Gasteiger partial charge in [0.1, 0.15) is 5.82 Å². The van der Waals surface area contributed by atoms with Crippen LogP contribution < -0.4 is 0 Å². The molecule has 1 aromatic carbocycles. The molecular formula is C13H18FNO2. The van der Waals surface area contributed by atoms with Gasteiger partial charge >= 0.3 is 0 Å². The first-order valence-electron chi connectivity index (χ1n) is 5.64. The summed E-state index contributed by atoms with van der Waals surface area (Å²) in [5.41, 5.74) is 0.0968. The number of carbonyl (C=O) groups is 1. The first-order chi connectivity index (χ1) is 8.02. The number of likely N-dealkylation sites (N-methyl/N-ethyl adjacent to an activating group) is 1. The molecule has 94 valence electrons. The molecule has 0 aliphatic carbocycles. The quantitative estimate of drug-likeness (QED) is 0.789. The molecule has 3 nitrogen and oxygen atoms in total. The van der Waals surface area contributed by atoms with Crippen molar-refractivity contribution in [1.29, 1.82) is 0 Å². The fourth-order valence-electron chi connectivity index (χ4n) is 1.37. The average Bonchev–Trinajstić information content (AvgIpc) is 2.28. The topological polar surface area (TPSA) is 29.5 Å². The van der Waals surface area contributed by atoms with Crippen molar-refractivity contribution in [3.05, 3.63) is 35.6 Å². The molecule has 0 heterocycles. The van der Waals surface area contributed by atoms with Crippen LogP contribution in [0.1, 0.15) is 24.2 Å². The number of hydrogen-bond acceptors (Lipinski definition) is 2. The number of amides is 1. The lowest BCUT2D eigenvalue weighted by Crippen LogP contribution is -2.31. The van der Waals surface area contributed by atoms with E-state index in [4.69, 9.17) is 4.74 Å². The molecule has 0 saturated carbocycles. The van der Waals surface area contributed by atoms with Gasteiger partial charge in [-0.25, -0.2) is 4.39 Å². The van der Waals surface area contributed by atoms with Crippen LogP contribution in [0.25, 0.3) is 0 Å². The molecule has 1 aromatic rings. The smallest absolute Gasteiger partial charge is 0.256 e. The van der Waals surface area contributed by atoms with Gasteiger partial charge in [-0.3, -0.25) is 4.79 Å². The normalized spacial score (nSPS) is 10.6. The van der Waals surface area contributed by atoms with E-state index in [-0.39, 0.29) is 17.6 Å². The van der Waals surface area contributed by atoms with Gasteiger partial charge < -0.3 is 9.64 Å². The first-order valence-corrected chi connectivity index (χ1v) is 5.64. The molecule has 0 aromatic heterocycles. The van der Waals surface area contributed by atoms with Gasteiger partial charge in [0.05, 0.1) is 18.3 Å². The van der Waals surface area contributed by atoms with Gasteiger partial charge in [-0.05, 0) is 26.0 Å². The summed E-state index contributed by atoms with van der Waals surface area (Å²) in [6, 6.07) is 5.98. The number of nitrogens with zero attached hydrogens (tertiary/aromatic N) is 1. The Morgan fingerprint density at radius 1 is 1.41 bits per heavy atom. The van der Waals surface area contributed by atoms with Gasteiger partial charge in [0, 0.05) is 13.6 Å². The number of benzene rings is 1. The lowest BCUT2D eigenvalue weighted by Gasteiger charge is -2.18. The molecule has 0 N–H and O–H groups in total. The fraction of sp³-hybridized carbons (Fsp3) is 0.462. The second-order valence-electron chi connectivity index (χ2n) is 4.13. The van der Waals surface area contributed by atoms with E-state index in [1.807, 2.05) is 13.8 Å². The van der Waals surface area contributed by atoms with Crippen LogP contribution in [0.3, 0.4) is 0 Å². The zero-order chi connectivity index (χ0) is 12.8. The van der Waals surface area contributed by atoms with E-state index in [1.54, 1.807) is 19.2 Å². The molecule has 0 aliphatic rings. The van der Waals surface area contributed by atoms with Crippen LogP contribution in [0.15, 0.2) is 24.3 Å². The number of halogens is 1. The van der Waals surface area contributed by atoms with Crippen molar-refractivity contribution >= 4 is 5.91 Å². The van der Waals surface area contributed by atoms with Gasteiger partial charge in [0.2, 0.25) is 0 Å². The summed E-state index contributed by atoms with van der Waals surface area (Å²) < 4.78 is 18.7. The molecule has 0 saturated heterocycles. The van der Waals surface area contributed by atoms with Crippen LogP contribution in [0.2, 0.25) is 0 Å². The zero-order valence-electron chi connectivity index (χ0n) is 10.4. The highest BCUT2D eigenvalue weighted by Gasteiger charge is 2.15. The Labute approximate surface area is 101 Å². The van der Waals surface area contributed by atoms with Crippen LogP contribution in [-0.4, -0.2) is 37.1 Å². The minimum atomic E-state index is -0.492. The van der Waals surface area contributed by atoms with Crippen molar-refractivity contribution in [3.8, 4) is 0 Å². The van der Waals surface area contributed by atoms with E-state index in [0.29, 0.717) is 13.2 Å². The number of rotatable bonds is 5. The Bertz CT molecular complexity index is 379. The molecule has 0 fully saturated rings. The third kappa shape index (κ3) is 4.15. The Hall–Kier alpha value is -1.42. The molecule has 0 aliphatic heterocycles. The monoisotopic (exact) mass is 239 g/mol. The first kappa shape index (κ1) is 13.6. The minimum Gasteiger partial charge on any atom is -0.377 e. The maximum absolute atomic E-state index is 13.4. The number of carbonyl (C=O) groups excluding carboxylic acids is 1. The maximum atomic E-state index is 13.4. The Balaban J connectivity index is 2.55. The summed E-state index contributed by atoms with van der Waals surface area (Å²) in [5.74, 6) is -0.815. The Morgan fingerprint density at radius 2 is 2.06 bits per heavy atom. The Morgan fingerprint density at radius 3 is 2.65 bits per heavy atom. The summed E-state index contributed by atoms with van der Waals surface area (Å²) in [7, 11) is 1.64. The molecule has 0 radical (unpaired) electrons.